The summed E-state index contributed by atoms with van der Waals surface area (Å²) in [5.41, 5.74) is 3.33. The highest BCUT2D eigenvalue weighted by Gasteiger charge is 2.09. The van der Waals surface area contributed by atoms with E-state index in [-0.39, 0.29) is 5.75 Å². The Balaban J connectivity index is 1.54. The SMILES string of the molecule is Oc1ccccc1C=NCc1ccc(CN2CCCCC2)cc1. The van der Waals surface area contributed by atoms with Crippen LogP contribution in [0.3, 0.4) is 0 Å². The van der Waals surface area contributed by atoms with Gasteiger partial charge in [0.2, 0.25) is 0 Å². The second kappa shape index (κ2) is 7.93. The summed E-state index contributed by atoms with van der Waals surface area (Å²) in [5, 5.41) is 9.70. The molecule has 0 amide bonds. The van der Waals surface area contributed by atoms with E-state index in [4.69, 9.17) is 0 Å². The van der Waals surface area contributed by atoms with Crippen LogP contribution in [0.2, 0.25) is 0 Å². The van der Waals surface area contributed by atoms with Gasteiger partial charge in [-0.15, -0.1) is 0 Å². The van der Waals surface area contributed by atoms with E-state index in [2.05, 4.69) is 34.2 Å². The highest BCUT2D eigenvalue weighted by Crippen LogP contribution is 2.15. The molecule has 1 N–H and O–H groups in total. The maximum absolute atomic E-state index is 9.70. The number of benzene rings is 2. The highest BCUT2D eigenvalue weighted by molar-refractivity contribution is 5.83. The summed E-state index contributed by atoms with van der Waals surface area (Å²) in [7, 11) is 0. The van der Waals surface area contributed by atoms with Gasteiger partial charge in [-0.05, 0) is 49.2 Å². The summed E-state index contributed by atoms with van der Waals surface area (Å²) in [6.45, 7) is 4.15. The molecule has 0 radical (unpaired) electrons. The number of hydrogen-bond donors (Lipinski definition) is 1. The second-order valence-electron chi connectivity index (χ2n) is 6.18. The molecule has 0 aliphatic carbocycles. The van der Waals surface area contributed by atoms with Crippen LogP contribution in [-0.2, 0) is 13.1 Å². The number of rotatable bonds is 5. The average Bonchev–Trinajstić information content (AvgIpc) is 2.59. The molecule has 0 spiro atoms. The fourth-order valence-electron chi connectivity index (χ4n) is 2.97. The zero-order valence-electron chi connectivity index (χ0n) is 13.5. The lowest BCUT2D eigenvalue weighted by atomic mass is 10.1. The Morgan fingerprint density at radius 2 is 1.61 bits per heavy atom. The first kappa shape index (κ1) is 15.8. The van der Waals surface area contributed by atoms with E-state index in [1.54, 1.807) is 12.3 Å². The summed E-state index contributed by atoms with van der Waals surface area (Å²) in [6, 6.07) is 16.0. The normalized spacial score (nSPS) is 16.0. The average molecular weight is 308 g/mol. The minimum Gasteiger partial charge on any atom is -0.507 e. The maximum atomic E-state index is 9.70. The number of para-hydroxylation sites is 1. The van der Waals surface area contributed by atoms with E-state index in [0.29, 0.717) is 6.54 Å². The smallest absolute Gasteiger partial charge is 0.124 e. The Bertz CT molecular complexity index is 643. The van der Waals surface area contributed by atoms with Gasteiger partial charge in [-0.3, -0.25) is 9.89 Å². The summed E-state index contributed by atoms with van der Waals surface area (Å²) < 4.78 is 0. The number of piperidine rings is 1. The fraction of sp³-hybridized carbons (Fsp3) is 0.350. The van der Waals surface area contributed by atoms with Crippen molar-refractivity contribution in [3.63, 3.8) is 0 Å². The number of nitrogens with zero attached hydrogens (tertiary/aromatic N) is 2. The van der Waals surface area contributed by atoms with E-state index in [1.165, 1.54) is 43.5 Å². The predicted octanol–water partition coefficient (Wildman–Crippen LogP) is 4.00. The molecule has 1 fully saturated rings. The van der Waals surface area contributed by atoms with Gasteiger partial charge < -0.3 is 5.11 Å². The number of likely N-dealkylation sites (tertiary alicyclic amines) is 1. The summed E-state index contributed by atoms with van der Waals surface area (Å²) >= 11 is 0. The molecule has 0 unspecified atom stereocenters. The van der Waals surface area contributed by atoms with Crippen LogP contribution in [0.15, 0.2) is 53.5 Å². The minimum atomic E-state index is 0.271. The zero-order chi connectivity index (χ0) is 15.9. The summed E-state index contributed by atoms with van der Waals surface area (Å²) in [6.07, 6.45) is 5.78. The third-order valence-corrected chi connectivity index (χ3v) is 4.32. The molecule has 3 heteroatoms. The van der Waals surface area contributed by atoms with Crippen molar-refractivity contribution in [2.75, 3.05) is 13.1 Å². The molecule has 3 rings (SSSR count). The minimum absolute atomic E-state index is 0.271. The van der Waals surface area contributed by atoms with Gasteiger partial charge in [0.05, 0.1) is 6.54 Å². The zero-order valence-corrected chi connectivity index (χ0v) is 13.5. The molecule has 0 saturated carbocycles. The quantitative estimate of drug-likeness (QED) is 0.848. The largest absolute Gasteiger partial charge is 0.507 e. The monoisotopic (exact) mass is 308 g/mol. The van der Waals surface area contributed by atoms with Crippen LogP contribution in [0.5, 0.6) is 5.75 Å². The van der Waals surface area contributed by atoms with Gasteiger partial charge in [-0.1, -0.05) is 42.8 Å². The van der Waals surface area contributed by atoms with Crippen molar-refractivity contribution >= 4 is 6.21 Å². The van der Waals surface area contributed by atoms with Gasteiger partial charge in [0, 0.05) is 18.3 Å². The third-order valence-electron chi connectivity index (χ3n) is 4.32. The predicted molar refractivity (Wildman–Crippen MR) is 95.0 cm³/mol. The van der Waals surface area contributed by atoms with Crippen LogP contribution in [-0.4, -0.2) is 29.3 Å². The highest BCUT2D eigenvalue weighted by atomic mass is 16.3. The van der Waals surface area contributed by atoms with Gasteiger partial charge >= 0.3 is 0 Å². The maximum Gasteiger partial charge on any atom is 0.124 e. The molecule has 23 heavy (non-hydrogen) atoms. The molecule has 0 atom stereocenters. The molecule has 2 aromatic carbocycles. The Morgan fingerprint density at radius 1 is 0.913 bits per heavy atom. The number of phenolic OH excluding ortho intramolecular Hbond substituents is 1. The van der Waals surface area contributed by atoms with Crippen molar-refractivity contribution in [3.8, 4) is 5.75 Å². The third kappa shape index (κ3) is 4.67. The van der Waals surface area contributed by atoms with Crippen molar-refractivity contribution in [1.82, 2.24) is 4.90 Å². The molecule has 1 heterocycles. The van der Waals surface area contributed by atoms with E-state index >= 15 is 0 Å². The van der Waals surface area contributed by atoms with Gasteiger partial charge in [0.25, 0.3) is 0 Å². The number of hydrogen-bond acceptors (Lipinski definition) is 3. The molecule has 120 valence electrons. The number of aliphatic imine (C=N–C) groups is 1. The standard InChI is InChI=1S/C20H24N2O/c23-20-7-3-2-6-19(20)15-21-14-17-8-10-18(11-9-17)16-22-12-4-1-5-13-22/h2-3,6-11,15,23H,1,4-5,12-14,16H2. The number of phenols is 1. The first-order chi connectivity index (χ1) is 11.3. The van der Waals surface area contributed by atoms with Crippen molar-refractivity contribution in [2.45, 2.75) is 32.4 Å². The second-order valence-corrected chi connectivity index (χ2v) is 6.18. The molecule has 1 aliphatic heterocycles. The Labute approximate surface area is 138 Å². The molecule has 1 aliphatic rings. The van der Waals surface area contributed by atoms with Gasteiger partial charge in [0.1, 0.15) is 5.75 Å². The van der Waals surface area contributed by atoms with Gasteiger partial charge in [-0.25, -0.2) is 0 Å². The van der Waals surface area contributed by atoms with Crippen LogP contribution < -0.4 is 0 Å². The molecule has 3 nitrogen and oxygen atoms in total. The fourth-order valence-corrected chi connectivity index (χ4v) is 2.97. The summed E-state index contributed by atoms with van der Waals surface area (Å²) in [5.74, 6) is 0.271. The first-order valence-corrected chi connectivity index (χ1v) is 8.39. The van der Waals surface area contributed by atoms with Crippen molar-refractivity contribution < 1.29 is 5.11 Å². The van der Waals surface area contributed by atoms with Crippen LogP contribution in [0.25, 0.3) is 0 Å². The molecule has 2 aromatic rings. The topological polar surface area (TPSA) is 35.8 Å². The van der Waals surface area contributed by atoms with Gasteiger partial charge in [0.15, 0.2) is 0 Å². The van der Waals surface area contributed by atoms with E-state index in [0.717, 1.165) is 12.1 Å². The number of aromatic hydroxyl groups is 1. The van der Waals surface area contributed by atoms with Crippen LogP contribution >= 0.6 is 0 Å². The molecular formula is C20H24N2O. The van der Waals surface area contributed by atoms with Crippen molar-refractivity contribution in [1.29, 1.82) is 0 Å². The lowest BCUT2D eigenvalue weighted by Gasteiger charge is -2.26. The Kier molecular flexibility index (Phi) is 5.43. The van der Waals surface area contributed by atoms with Gasteiger partial charge in [-0.2, -0.15) is 0 Å². The van der Waals surface area contributed by atoms with E-state index in [9.17, 15) is 5.11 Å². The van der Waals surface area contributed by atoms with Crippen LogP contribution in [0, 0.1) is 0 Å². The molecular weight excluding hydrogens is 284 g/mol. The lowest BCUT2D eigenvalue weighted by molar-refractivity contribution is 0.221. The summed E-state index contributed by atoms with van der Waals surface area (Å²) in [4.78, 5) is 6.96. The first-order valence-electron chi connectivity index (χ1n) is 8.39. The van der Waals surface area contributed by atoms with E-state index in [1.807, 2.05) is 18.2 Å². The van der Waals surface area contributed by atoms with Crippen molar-refractivity contribution in [3.05, 3.63) is 65.2 Å². The lowest BCUT2D eigenvalue weighted by Crippen LogP contribution is -2.29. The Morgan fingerprint density at radius 3 is 2.35 bits per heavy atom. The van der Waals surface area contributed by atoms with Crippen LogP contribution in [0.1, 0.15) is 36.0 Å². The van der Waals surface area contributed by atoms with Crippen LogP contribution in [0.4, 0.5) is 0 Å². The molecule has 0 aromatic heterocycles. The Hall–Kier alpha value is -2.13. The van der Waals surface area contributed by atoms with Crippen molar-refractivity contribution in [2.24, 2.45) is 4.99 Å². The molecule has 0 bridgehead atoms. The molecule has 1 saturated heterocycles. The van der Waals surface area contributed by atoms with E-state index < -0.39 is 0 Å².